The molecule has 3 aliphatic rings. The van der Waals surface area contributed by atoms with Gasteiger partial charge in [0.2, 0.25) is 0 Å². The highest BCUT2D eigenvalue weighted by Gasteiger charge is 2.62. The third-order valence-corrected chi connectivity index (χ3v) is 7.45. The molecule has 5 rings (SSSR count). The molecule has 1 unspecified atom stereocenters. The predicted octanol–water partition coefficient (Wildman–Crippen LogP) is 4.55. The van der Waals surface area contributed by atoms with Crippen LogP contribution >= 0.6 is 0 Å². The molecule has 2 N–H and O–H groups in total. The van der Waals surface area contributed by atoms with Gasteiger partial charge in [0.15, 0.2) is 0 Å². The van der Waals surface area contributed by atoms with E-state index in [1.165, 1.54) is 17.7 Å². The molecule has 1 aliphatic heterocycles. The van der Waals surface area contributed by atoms with Crippen LogP contribution in [0.25, 0.3) is 11.1 Å². The van der Waals surface area contributed by atoms with Crippen LogP contribution in [0.15, 0.2) is 41.4 Å². The van der Waals surface area contributed by atoms with E-state index in [2.05, 4.69) is 13.0 Å². The Bertz CT molecular complexity index is 1020. The summed E-state index contributed by atoms with van der Waals surface area (Å²) in [6, 6.07) is 9.85. The molecule has 0 bridgehead atoms. The Hall–Kier alpha value is -2.47. The van der Waals surface area contributed by atoms with E-state index in [1.807, 2.05) is 12.1 Å². The molecule has 30 heavy (non-hydrogen) atoms. The molecule has 1 saturated carbocycles. The third kappa shape index (κ3) is 2.77. The van der Waals surface area contributed by atoms with Crippen LogP contribution in [-0.4, -0.2) is 25.8 Å². The number of methoxy groups -OCH3 is 1. The molecule has 2 aromatic rings. The van der Waals surface area contributed by atoms with Crippen molar-refractivity contribution in [1.82, 2.24) is 0 Å². The zero-order valence-corrected chi connectivity index (χ0v) is 17.3. The summed E-state index contributed by atoms with van der Waals surface area (Å²) in [4.78, 5) is 4.88. The summed E-state index contributed by atoms with van der Waals surface area (Å²) in [6.07, 6.45) is 4.02. The summed E-state index contributed by atoms with van der Waals surface area (Å²) in [5, 5.41) is 0. The molecule has 0 radical (unpaired) electrons. The lowest BCUT2D eigenvalue weighted by Crippen LogP contribution is -2.48. The summed E-state index contributed by atoms with van der Waals surface area (Å²) in [5.41, 5.74) is 8.90. The summed E-state index contributed by atoms with van der Waals surface area (Å²) in [7, 11) is 1.78. The van der Waals surface area contributed by atoms with E-state index in [9.17, 15) is 8.78 Å². The van der Waals surface area contributed by atoms with Crippen LogP contribution in [0, 0.1) is 23.0 Å². The number of halogens is 2. The van der Waals surface area contributed by atoms with E-state index in [0.29, 0.717) is 18.1 Å². The summed E-state index contributed by atoms with van der Waals surface area (Å²) in [5.74, 6) is -0.784. The van der Waals surface area contributed by atoms with Gasteiger partial charge in [-0.15, -0.1) is 0 Å². The number of nitrogens with zero attached hydrogens (tertiary/aromatic N) is 1. The predicted molar refractivity (Wildman–Crippen MR) is 111 cm³/mol. The highest BCUT2D eigenvalue weighted by Crippen LogP contribution is 2.62. The van der Waals surface area contributed by atoms with Crippen LogP contribution in [0.2, 0.25) is 0 Å². The molecule has 4 nitrogen and oxygen atoms in total. The number of fused-ring (bicyclic) bond motifs is 3. The molecule has 1 fully saturated rings. The van der Waals surface area contributed by atoms with Crippen molar-refractivity contribution in [2.75, 3.05) is 13.7 Å². The van der Waals surface area contributed by atoms with Gasteiger partial charge in [-0.3, -0.25) is 0 Å². The van der Waals surface area contributed by atoms with Crippen molar-refractivity contribution in [1.29, 1.82) is 0 Å². The highest BCUT2D eigenvalue weighted by molar-refractivity contribution is 5.76. The molecule has 2 aliphatic carbocycles. The van der Waals surface area contributed by atoms with Crippen molar-refractivity contribution in [2.24, 2.45) is 22.1 Å². The molecule has 2 aromatic carbocycles. The standard InChI is InChI=1S/C24H26F2N2O2/c1-14-11-23(6-5-21(14)29-2)12-16-4-3-15(17-7-18(25)10-19(26)8-17)9-20(16)24(23)13-30-22(27)28-24/h3-4,7-10,14,21H,5-6,11-13H2,1-2H3,(H2,27,28)/t14-,21-,23-,24?/m0/s1. The van der Waals surface area contributed by atoms with Gasteiger partial charge in [-0.1, -0.05) is 19.1 Å². The first-order valence-electron chi connectivity index (χ1n) is 10.5. The van der Waals surface area contributed by atoms with Gasteiger partial charge in [-0.05, 0) is 72.1 Å². The summed E-state index contributed by atoms with van der Waals surface area (Å²) >= 11 is 0. The summed E-state index contributed by atoms with van der Waals surface area (Å²) < 4.78 is 39.1. The van der Waals surface area contributed by atoms with E-state index in [0.717, 1.165) is 42.9 Å². The first-order valence-corrected chi connectivity index (χ1v) is 10.5. The second-order valence-electron chi connectivity index (χ2n) is 9.08. The number of nitrogens with two attached hydrogens (primary N) is 1. The second-order valence-corrected chi connectivity index (χ2v) is 9.08. The fraction of sp³-hybridized carbons (Fsp3) is 0.458. The zero-order chi connectivity index (χ0) is 21.1. The van der Waals surface area contributed by atoms with Crippen LogP contribution in [-0.2, 0) is 21.4 Å². The van der Waals surface area contributed by atoms with Crippen molar-refractivity contribution in [3.63, 3.8) is 0 Å². The highest BCUT2D eigenvalue weighted by atomic mass is 19.1. The number of ether oxygens (including phenoxy) is 2. The topological polar surface area (TPSA) is 56.8 Å². The number of amidine groups is 1. The maximum absolute atomic E-state index is 13.8. The third-order valence-electron chi connectivity index (χ3n) is 7.45. The second kappa shape index (κ2) is 6.77. The first kappa shape index (κ1) is 19.5. The van der Waals surface area contributed by atoms with Crippen LogP contribution in [0.4, 0.5) is 8.78 Å². The van der Waals surface area contributed by atoms with Crippen LogP contribution in [0.1, 0.15) is 37.3 Å². The van der Waals surface area contributed by atoms with Gasteiger partial charge >= 0.3 is 0 Å². The van der Waals surface area contributed by atoms with Crippen molar-refractivity contribution >= 4 is 6.02 Å². The van der Waals surface area contributed by atoms with E-state index < -0.39 is 17.2 Å². The van der Waals surface area contributed by atoms with E-state index >= 15 is 0 Å². The lowest BCUT2D eigenvalue weighted by Gasteiger charge is -2.47. The number of benzene rings is 2. The SMILES string of the molecule is CO[C@H]1CC[C@@]2(Cc3ccc(-c4cc(F)cc(F)c4)cc3C23COC(N)=N3)C[C@@H]1C. The molecule has 2 spiro atoms. The van der Waals surface area contributed by atoms with Crippen LogP contribution in [0.3, 0.4) is 0 Å². The molecule has 0 aromatic heterocycles. The maximum Gasteiger partial charge on any atom is 0.283 e. The van der Waals surface area contributed by atoms with Crippen molar-refractivity contribution in [3.8, 4) is 11.1 Å². The van der Waals surface area contributed by atoms with Crippen molar-refractivity contribution in [2.45, 2.75) is 44.2 Å². The van der Waals surface area contributed by atoms with Gasteiger partial charge in [-0.25, -0.2) is 13.8 Å². The minimum atomic E-state index is -0.588. The lowest BCUT2D eigenvalue weighted by atomic mass is 9.59. The Kier molecular flexibility index (Phi) is 4.40. The Morgan fingerprint density at radius 3 is 2.53 bits per heavy atom. The monoisotopic (exact) mass is 412 g/mol. The number of rotatable bonds is 2. The van der Waals surface area contributed by atoms with E-state index in [-0.39, 0.29) is 17.5 Å². The smallest absolute Gasteiger partial charge is 0.283 e. The van der Waals surface area contributed by atoms with Crippen molar-refractivity contribution < 1.29 is 18.3 Å². The van der Waals surface area contributed by atoms with Gasteiger partial charge in [0.1, 0.15) is 23.8 Å². The molecular weight excluding hydrogens is 386 g/mol. The fourth-order valence-electron chi connectivity index (χ4n) is 6.09. The minimum absolute atomic E-state index is 0.100. The first-order chi connectivity index (χ1) is 14.4. The molecular formula is C24H26F2N2O2. The van der Waals surface area contributed by atoms with Crippen molar-refractivity contribution in [3.05, 3.63) is 59.2 Å². The molecule has 0 amide bonds. The molecule has 0 saturated heterocycles. The molecule has 6 heteroatoms. The average molecular weight is 412 g/mol. The largest absolute Gasteiger partial charge is 0.462 e. The Labute approximate surface area is 175 Å². The van der Waals surface area contributed by atoms with Gasteiger partial charge in [0, 0.05) is 18.6 Å². The number of hydrogen-bond acceptors (Lipinski definition) is 4. The van der Waals surface area contributed by atoms with Gasteiger partial charge < -0.3 is 15.2 Å². The van der Waals surface area contributed by atoms with E-state index in [4.69, 9.17) is 20.2 Å². The number of hydrogen-bond donors (Lipinski definition) is 1. The van der Waals surface area contributed by atoms with Crippen LogP contribution < -0.4 is 5.73 Å². The van der Waals surface area contributed by atoms with Gasteiger partial charge in [0.25, 0.3) is 6.02 Å². The Morgan fingerprint density at radius 2 is 1.90 bits per heavy atom. The maximum atomic E-state index is 13.8. The normalized spacial score (nSPS) is 32.3. The average Bonchev–Trinajstić information content (AvgIpc) is 3.21. The number of aliphatic imine (C=N–C) groups is 1. The van der Waals surface area contributed by atoms with Crippen LogP contribution in [0.5, 0.6) is 0 Å². The fourth-order valence-corrected chi connectivity index (χ4v) is 6.09. The minimum Gasteiger partial charge on any atom is -0.462 e. The quantitative estimate of drug-likeness (QED) is 0.787. The molecule has 4 atom stereocenters. The zero-order valence-electron chi connectivity index (χ0n) is 17.3. The lowest BCUT2D eigenvalue weighted by molar-refractivity contribution is -0.0445. The van der Waals surface area contributed by atoms with Gasteiger partial charge in [-0.2, -0.15) is 0 Å². The van der Waals surface area contributed by atoms with Gasteiger partial charge in [0.05, 0.1) is 6.10 Å². The van der Waals surface area contributed by atoms with E-state index in [1.54, 1.807) is 7.11 Å². The molecule has 158 valence electrons. The summed E-state index contributed by atoms with van der Waals surface area (Å²) in [6.45, 7) is 2.63. The Morgan fingerprint density at radius 1 is 1.13 bits per heavy atom. The molecule has 1 heterocycles. The Balaban J connectivity index is 1.63.